The van der Waals surface area contributed by atoms with Crippen LogP contribution in [0.5, 0.6) is 0 Å². The summed E-state index contributed by atoms with van der Waals surface area (Å²) in [7, 11) is 1.78. The lowest BCUT2D eigenvalue weighted by Gasteiger charge is -2.15. The Morgan fingerprint density at radius 1 is 1.18 bits per heavy atom. The Morgan fingerprint density at radius 2 is 1.94 bits per heavy atom. The molecule has 9 nitrogen and oxygen atoms in total. The summed E-state index contributed by atoms with van der Waals surface area (Å²) in [5.74, 6) is -0.424. The molecule has 2 heterocycles. The Hall–Kier alpha value is -3.18. The molecule has 3 aromatic rings. The summed E-state index contributed by atoms with van der Waals surface area (Å²) >= 11 is 2.46. The fourth-order valence-corrected chi connectivity index (χ4v) is 5.59. The number of thioether (sulfide) groups is 1. The van der Waals surface area contributed by atoms with Crippen LogP contribution in [0, 0.1) is 12.8 Å². The second-order valence-electron chi connectivity index (χ2n) is 8.03. The number of rotatable bonds is 7. The third kappa shape index (κ3) is 5.15. The molecule has 0 saturated heterocycles. The molecule has 0 radical (unpaired) electrons. The van der Waals surface area contributed by atoms with E-state index in [2.05, 4.69) is 26.9 Å². The van der Waals surface area contributed by atoms with E-state index >= 15 is 0 Å². The molecule has 34 heavy (non-hydrogen) atoms. The molecule has 1 aliphatic carbocycles. The van der Waals surface area contributed by atoms with Crippen molar-refractivity contribution in [2.75, 3.05) is 10.6 Å². The number of anilines is 2. The summed E-state index contributed by atoms with van der Waals surface area (Å²) in [5.41, 5.74) is 1.32. The number of allylic oxidation sites excluding steroid dienone is 2. The first-order valence-electron chi connectivity index (χ1n) is 11.0. The van der Waals surface area contributed by atoms with Gasteiger partial charge in [-0.2, -0.15) is 0 Å². The highest BCUT2D eigenvalue weighted by atomic mass is 32.2. The zero-order chi connectivity index (χ0) is 24.2. The van der Waals surface area contributed by atoms with Crippen molar-refractivity contribution in [3.05, 3.63) is 58.5 Å². The van der Waals surface area contributed by atoms with Crippen molar-refractivity contribution in [1.82, 2.24) is 19.6 Å². The third-order valence-electron chi connectivity index (χ3n) is 5.73. The van der Waals surface area contributed by atoms with Gasteiger partial charge in [-0.15, -0.1) is 10.2 Å². The van der Waals surface area contributed by atoms with Crippen LogP contribution in [0.1, 0.15) is 31.9 Å². The van der Waals surface area contributed by atoms with Gasteiger partial charge in [-0.05, 0) is 45.2 Å². The number of benzene rings is 1. The Kier molecular flexibility index (Phi) is 7.32. The fraction of sp³-hybridized carbons (Fsp3) is 0.348. The van der Waals surface area contributed by atoms with Crippen molar-refractivity contribution in [1.29, 1.82) is 0 Å². The Labute approximate surface area is 205 Å². The van der Waals surface area contributed by atoms with Crippen LogP contribution in [0.2, 0.25) is 0 Å². The number of aromatic nitrogens is 4. The molecule has 0 aliphatic heterocycles. The summed E-state index contributed by atoms with van der Waals surface area (Å²) in [6.07, 6.45) is 6.57. The van der Waals surface area contributed by atoms with Crippen LogP contribution in [-0.4, -0.2) is 36.6 Å². The van der Waals surface area contributed by atoms with Gasteiger partial charge in [0.1, 0.15) is 5.69 Å². The van der Waals surface area contributed by atoms with E-state index in [-0.39, 0.29) is 29.0 Å². The Balaban J connectivity index is 1.40. The zero-order valence-electron chi connectivity index (χ0n) is 19.1. The van der Waals surface area contributed by atoms with Crippen molar-refractivity contribution < 1.29 is 9.59 Å². The molecule has 2 atom stereocenters. The lowest BCUT2D eigenvalue weighted by molar-refractivity contribution is -0.120. The van der Waals surface area contributed by atoms with Crippen molar-refractivity contribution in [3.8, 4) is 5.69 Å². The maximum absolute atomic E-state index is 13.0. The minimum Gasteiger partial charge on any atom is -0.319 e. The quantitative estimate of drug-likeness (QED) is 0.292. The van der Waals surface area contributed by atoms with Crippen LogP contribution < -0.4 is 16.2 Å². The minimum absolute atomic E-state index is 0.0521. The highest BCUT2D eigenvalue weighted by Gasteiger charge is 2.24. The van der Waals surface area contributed by atoms with Gasteiger partial charge in [0, 0.05) is 13.0 Å². The molecule has 0 saturated carbocycles. The van der Waals surface area contributed by atoms with Crippen LogP contribution in [0.25, 0.3) is 5.69 Å². The minimum atomic E-state index is -0.524. The van der Waals surface area contributed by atoms with E-state index in [4.69, 9.17) is 0 Å². The van der Waals surface area contributed by atoms with Gasteiger partial charge in [0.15, 0.2) is 4.34 Å². The Bertz CT molecular complexity index is 1280. The molecule has 1 aromatic carbocycles. The van der Waals surface area contributed by atoms with Crippen molar-refractivity contribution >= 4 is 45.7 Å². The number of para-hydroxylation sites is 1. The number of hydrogen-bond donors (Lipinski definition) is 2. The van der Waals surface area contributed by atoms with Crippen LogP contribution in [0.15, 0.2) is 51.6 Å². The lowest BCUT2D eigenvalue weighted by atomic mass is 9.94. The second-order valence-corrected chi connectivity index (χ2v) is 10.6. The highest BCUT2D eigenvalue weighted by molar-refractivity contribution is 8.02. The van der Waals surface area contributed by atoms with E-state index in [9.17, 15) is 14.4 Å². The van der Waals surface area contributed by atoms with Gasteiger partial charge in [-0.1, -0.05) is 53.4 Å². The van der Waals surface area contributed by atoms with Crippen LogP contribution in [0.3, 0.4) is 0 Å². The van der Waals surface area contributed by atoms with Gasteiger partial charge in [-0.3, -0.25) is 19.1 Å². The molecule has 11 heteroatoms. The molecule has 2 N–H and O–H groups in total. The average Bonchev–Trinajstić information content (AvgIpc) is 3.37. The number of carbonyl (C=O) groups excluding carboxylic acids is 2. The third-order valence-corrected chi connectivity index (χ3v) is 7.75. The number of hydrogen-bond acceptors (Lipinski definition) is 7. The smallest absolute Gasteiger partial charge is 0.295 e. The number of nitrogens with zero attached hydrogens (tertiary/aromatic N) is 4. The molecular weight excluding hydrogens is 472 g/mol. The molecular formula is C23H26N6O3S2. The normalized spacial score (nSPS) is 16.3. The van der Waals surface area contributed by atoms with E-state index < -0.39 is 5.25 Å². The van der Waals surface area contributed by atoms with Gasteiger partial charge >= 0.3 is 0 Å². The summed E-state index contributed by atoms with van der Waals surface area (Å²) < 4.78 is 3.80. The first-order valence-corrected chi connectivity index (χ1v) is 12.7. The number of carbonyl (C=O) groups is 2. The van der Waals surface area contributed by atoms with Gasteiger partial charge < -0.3 is 10.6 Å². The zero-order valence-corrected chi connectivity index (χ0v) is 20.8. The number of nitrogens with one attached hydrogen (secondary N) is 2. The molecule has 0 unspecified atom stereocenters. The van der Waals surface area contributed by atoms with E-state index in [1.807, 2.05) is 36.4 Å². The maximum Gasteiger partial charge on any atom is 0.295 e. The molecule has 0 spiro atoms. The first kappa shape index (κ1) is 24.0. The SMILES string of the molecule is Cc1c(NC(=O)[C@@H](C)Sc2nnc(NC(=O)[C@@H]3CC=CCC3)s2)c(=O)n(-c2ccccc2)n1C. The molecule has 178 valence electrons. The van der Waals surface area contributed by atoms with Gasteiger partial charge in [0.2, 0.25) is 16.9 Å². The van der Waals surface area contributed by atoms with E-state index in [1.165, 1.54) is 27.8 Å². The van der Waals surface area contributed by atoms with Gasteiger partial charge in [0.25, 0.3) is 5.56 Å². The lowest BCUT2D eigenvalue weighted by Crippen LogP contribution is -2.27. The predicted molar refractivity (Wildman–Crippen MR) is 135 cm³/mol. The fourth-order valence-electron chi connectivity index (χ4n) is 3.69. The standard InChI is InChI=1S/C23H26N6O3S2/c1-14-18(21(32)29(28(14)3)17-12-8-5-9-13-17)24-19(30)15(2)33-23-27-26-22(34-23)25-20(31)16-10-6-4-7-11-16/h4-6,8-9,12-13,15-16H,7,10-11H2,1-3H3,(H,24,30)(H,25,26,31)/t15-,16-/m1/s1. The van der Waals surface area contributed by atoms with E-state index in [0.717, 1.165) is 19.3 Å². The molecule has 1 aliphatic rings. The van der Waals surface area contributed by atoms with Crippen molar-refractivity contribution in [2.45, 2.75) is 42.7 Å². The van der Waals surface area contributed by atoms with Gasteiger partial charge in [0.05, 0.1) is 16.6 Å². The maximum atomic E-state index is 13.0. The van der Waals surface area contributed by atoms with Crippen LogP contribution in [0.4, 0.5) is 10.8 Å². The monoisotopic (exact) mass is 498 g/mol. The largest absolute Gasteiger partial charge is 0.319 e. The summed E-state index contributed by atoms with van der Waals surface area (Å²) in [5, 5.41) is 13.6. The molecule has 2 aromatic heterocycles. The van der Waals surface area contributed by atoms with Crippen molar-refractivity contribution in [2.24, 2.45) is 13.0 Å². The molecule has 2 amide bonds. The molecule has 0 fully saturated rings. The second kappa shape index (κ2) is 10.4. The predicted octanol–water partition coefficient (Wildman–Crippen LogP) is 3.75. The van der Waals surface area contributed by atoms with E-state index in [0.29, 0.717) is 20.9 Å². The van der Waals surface area contributed by atoms with Crippen molar-refractivity contribution in [3.63, 3.8) is 0 Å². The Morgan fingerprint density at radius 3 is 2.65 bits per heavy atom. The summed E-state index contributed by atoms with van der Waals surface area (Å²) in [4.78, 5) is 38.3. The van der Waals surface area contributed by atoms with E-state index in [1.54, 1.807) is 25.6 Å². The topological polar surface area (TPSA) is 111 Å². The average molecular weight is 499 g/mol. The first-order chi connectivity index (χ1) is 16.3. The molecule has 4 rings (SSSR count). The highest BCUT2D eigenvalue weighted by Crippen LogP contribution is 2.30. The van der Waals surface area contributed by atoms with Crippen LogP contribution in [-0.2, 0) is 16.6 Å². The molecule has 0 bridgehead atoms. The summed E-state index contributed by atoms with van der Waals surface area (Å²) in [6.45, 7) is 3.53. The van der Waals surface area contributed by atoms with Crippen LogP contribution >= 0.6 is 23.1 Å². The van der Waals surface area contributed by atoms with Gasteiger partial charge in [-0.25, -0.2) is 4.68 Å². The number of amides is 2. The summed E-state index contributed by atoms with van der Waals surface area (Å²) in [6, 6.07) is 9.26.